The predicted octanol–water partition coefficient (Wildman–Crippen LogP) is 0.397. The SMILES string of the molecule is Cc1c(CCO)sc[n+]1CCCCCCCCOc1ccc(/C(N)=N/O)cc1.[Br-]. The van der Waals surface area contributed by atoms with E-state index in [1.165, 1.54) is 42.7 Å². The third kappa shape index (κ3) is 8.72. The van der Waals surface area contributed by atoms with Gasteiger partial charge in [-0.1, -0.05) is 35.8 Å². The molecule has 4 N–H and O–H groups in total. The van der Waals surface area contributed by atoms with Crippen LogP contribution >= 0.6 is 11.3 Å². The van der Waals surface area contributed by atoms with Crippen LogP contribution in [-0.2, 0) is 13.0 Å². The average Bonchev–Trinajstić information content (AvgIpc) is 3.06. The molecule has 0 aliphatic heterocycles. The topological polar surface area (TPSA) is 92.0 Å². The number of aryl methyl sites for hydroxylation is 1. The molecular formula is C21H32BrN3O3S. The van der Waals surface area contributed by atoms with E-state index in [0.717, 1.165) is 25.1 Å². The summed E-state index contributed by atoms with van der Waals surface area (Å²) in [7, 11) is 0. The Balaban J connectivity index is 0.00000420. The number of oxime groups is 1. The highest BCUT2D eigenvalue weighted by atomic mass is 79.9. The first-order valence-electron chi connectivity index (χ1n) is 9.93. The maximum absolute atomic E-state index is 9.06. The predicted molar refractivity (Wildman–Crippen MR) is 112 cm³/mol. The molecule has 8 heteroatoms. The molecule has 0 amide bonds. The molecule has 1 heterocycles. The van der Waals surface area contributed by atoms with E-state index >= 15 is 0 Å². The van der Waals surface area contributed by atoms with Gasteiger partial charge in [-0.3, -0.25) is 0 Å². The van der Waals surface area contributed by atoms with Crippen molar-refractivity contribution in [3.05, 3.63) is 45.9 Å². The molecule has 0 radical (unpaired) electrons. The third-order valence-electron chi connectivity index (χ3n) is 4.82. The van der Waals surface area contributed by atoms with Crippen molar-refractivity contribution < 1.29 is 36.6 Å². The standard InChI is InChI=1S/C21H31N3O3S.BrH/c1-17-20(12-14-25)28-16-24(17)13-6-4-2-3-5-7-15-27-19-10-8-18(9-11-19)21(22)23-26;/h8-11,16,25H,2-7,12-15H2,1H3,(H2-,22,23,26);1H. The van der Waals surface area contributed by atoms with Crippen LogP contribution in [0, 0.1) is 6.92 Å². The molecular weight excluding hydrogens is 454 g/mol. The molecule has 0 spiro atoms. The van der Waals surface area contributed by atoms with E-state index in [1.54, 1.807) is 23.5 Å². The summed E-state index contributed by atoms with van der Waals surface area (Å²) in [4.78, 5) is 1.29. The van der Waals surface area contributed by atoms with Crippen LogP contribution in [0.3, 0.4) is 0 Å². The second-order valence-electron chi connectivity index (χ2n) is 6.88. The van der Waals surface area contributed by atoms with E-state index in [1.807, 2.05) is 12.1 Å². The van der Waals surface area contributed by atoms with Crippen molar-refractivity contribution in [3.8, 4) is 5.75 Å². The molecule has 1 aromatic heterocycles. The van der Waals surface area contributed by atoms with Gasteiger partial charge in [-0.2, -0.15) is 4.57 Å². The minimum atomic E-state index is 0. The normalized spacial score (nSPS) is 11.3. The van der Waals surface area contributed by atoms with Gasteiger partial charge in [-0.15, -0.1) is 0 Å². The number of nitrogens with zero attached hydrogens (tertiary/aromatic N) is 2. The van der Waals surface area contributed by atoms with Crippen LogP contribution in [0.4, 0.5) is 0 Å². The highest BCUT2D eigenvalue weighted by Crippen LogP contribution is 2.14. The number of hydrogen-bond acceptors (Lipinski definition) is 5. The first kappa shape index (κ1) is 25.4. The van der Waals surface area contributed by atoms with Gasteiger partial charge in [0, 0.05) is 31.9 Å². The second-order valence-corrected chi connectivity index (χ2v) is 7.82. The molecule has 0 saturated heterocycles. The molecule has 0 atom stereocenters. The number of amidine groups is 1. The summed E-state index contributed by atoms with van der Waals surface area (Å²) in [6.07, 6.45) is 7.91. The maximum Gasteiger partial charge on any atom is 0.225 e. The summed E-state index contributed by atoms with van der Waals surface area (Å²) in [5, 5.41) is 20.7. The van der Waals surface area contributed by atoms with Crippen molar-refractivity contribution in [2.45, 2.75) is 58.4 Å². The van der Waals surface area contributed by atoms with Crippen molar-refractivity contribution in [1.29, 1.82) is 0 Å². The fourth-order valence-corrected chi connectivity index (χ4v) is 4.09. The minimum Gasteiger partial charge on any atom is -1.00 e. The lowest BCUT2D eigenvalue weighted by atomic mass is 10.1. The van der Waals surface area contributed by atoms with Crippen LogP contribution in [-0.4, -0.2) is 29.4 Å². The van der Waals surface area contributed by atoms with E-state index in [2.05, 4.69) is 22.2 Å². The van der Waals surface area contributed by atoms with Gasteiger partial charge in [-0.05, 0) is 37.1 Å². The number of aliphatic hydroxyl groups is 1. The van der Waals surface area contributed by atoms with Crippen molar-refractivity contribution in [2.75, 3.05) is 13.2 Å². The quantitative estimate of drug-likeness (QED) is 0.0955. The number of unbranched alkanes of at least 4 members (excludes halogenated alkanes) is 5. The average molecular weight is 486 g/mol. The number of hydrogen-bond donors (Lipinski definition) is 3. The van der Waals surface area contributed by atoms with E-state index < -0.39 is 0 Å². The Labute approximate surface area is 187 Å². The fourth-order valence-electron chi connectivity index (χ4n) is 3.07. The number of rotatable bonds is 13. The van der Waals surface area contributed by atoms with Crippen LogP contribution < -0.4 is 32.0 Å². The zero-order chi connectivity index (χ0) is 20.2. The summed E-state index contributed by atoms with van der Waals surface area (Å²) in [5.74, 6) is 0.905. The van der Waals surface area contributed by atoms with Crippen LogP contribution in [0.25, 0.3) is 0 Å². The molecule has 0 bridgehead atoms. The molecule has 0 aliphatic rings. The number of benzene rings is 1. The Hall–Kier alpha value is -1.64. The Morgan fingerprint density at radius 1 is 1.10 bits per heavy atom. The van der Waals surface area contributed by atoms with Gasteiger partial charge in [0.25, 0.3) is 0 Å². The largest absolute Gasteiger partial charge is 1.00 e. The lowest BCUT2D eigenvalue weighted by molar-refractivity contribution is -0.698. The molecule has 2 rings (SSSR count). The number of nitrogens with two attached hydrogens (primary N) is 1. The Morgan fingerprint density at radius 3 is 2.41 bits per heavy atom. The first-order chi connectivity index (χ1) is 13.7. The number of thiazole rings is 1. The summed E-state index contributed by atoms with van der Waals surface area (Å²) in [6.45, 7) is 4.15. The number of aromatic nitrogens is 1. The van der Waals surface area contributed by atoms with Crippen LogP contribution in [0.2, 0.25) is 0 Å². The van der Waals surface area contributed by atoms with Crippen LogP contribution in [0.5, 0.6) is 5.75 Å². The Bertz CT molecular complexity index is 735. The number of aliphatic hydroxyl groups excluding tert-OH is 1. The molecule has 0 unspecified atom stereocenters. The molecule has 0 fully saturated rings. The molecule has 0 saturated carbocycles. The van der Waals surface area contributed by atoms with Gasteiger partial charge < -0.3 is 37.8 Å². The fraction of sp³-hybridized carbons (Fsp3) is 0.524. The van der Waals surface area contributed by atoms with Crippen molar-refractivity contribution in [1.82, 2.24) is 0 Å². The first-order valence-corrected chi connectivity index (χ1v) is 10.8. The lowest BCUT2D eigenvalue weighted by Gasteiger charge is -2.07. The molecule has 6 nitrogen and oxygen atoms in total. The molecule has 0 aliphatic carbocycles. The summed E-state index contributed by atoms with van der Waals surface area (Å²) < 4.78 is 8.05. The van der Waals surface area contributed by atoms with E-state index in [-0.39, 0.29) is 29.4 Å². The molecule has 2 aromatic rings. The summed E-state index contributed by atoms with van der Waals surface area (Å²) in [5.41, 5.74) is 9.69. The molecule has 29 heavy (non-hydrogen) atoms. The summed E-state index contributed by atoms with van der Waals surface area (Å²) in [6, 6.07) is 7.24. The lowest BCUT2D eigenvalue weighted by Crippen LogP contribution is -3.00. The van der Waals surface area contributed by atoms with Gasteiger partial charge in [0.05, 0.1) is 11.5 Å². The third-order valence-corrected chi connectivity index (χ3v) is 5.96. The molecule has 162 valence electrons. The van der Waals surface area contributed by atoms with Crippen LogP contribution in [0.15, 0.2) is 34.9 Å². The summed E-state index contributed by atoms with van der Waals surface area (Å²) >= 11 is 1.75. The zero-order valence-corrected chi connectivity index (χ0v) is 19.4. The monoisotopic (exact) mass is 485 g/mol. The smallest absolute Gasteiger partial charge is 0.225 e. The number of halogens is 1. The Morgan fingerprint density at radius 2 is 1.76 bits per heavy atom. The van der Waals surface area contributed by atoms with E-state index in [4.69, 9.17) is 20.8 Å². The van der Waals surface area contributed by atoms with Crippen molar-refractivity contribution in [2.24, 2.45) is 10.9 Å². The van der Waals surface area contributed by atoms with Gasteiger partial charge in [0.1, 0.15) is 12.3 Å². The maximum atomic E-state index is 9.06. The highest BCUT2D eigenvalue weighted by molar-refractivity contribution is 7.09. The van der Waals surface area contributed by atoms with Gasteiger partial charge in [0.15, 0.2) is 11.5 Å². The van der Waals surface area contributed by atoms with Crippen molar-refractivity contribution >= 4 is 17.2 Å². The zero-order valence-electron chi connectivity index (χ0n) is 17.0. The van der Waals surface area contributed by atoms with Gasteiger partial charge >= 0.3 is 0 Å². The Kier molecular flexibility index (Phi) is 12.6. The van der Waals surface area contributed by atoms with Crippen molar-refractivity contribution in [3.63, 3.8) is 0 Å². The van der Waals surface area contributed by atoms with Gasteiger partial charge in [0.2, 0.25) is 5.51 Å². The molecule has 1 aromatic carbocycles. The van der Waals surface area contributed by atoms with Gasteiger partial charge in [-0.25, -0.2) is 0 Å². The van der Waals surface area contributed by atoms with E-state index in [0.29, 0.717) is 12.2 Å². The second kappa shape index (κ2) is 14.4. The highest BCUT2D eigenvalue weighted by Gasteiger charge is 2.13. The number of ether oxygens (including phenoxy) is 1. The van der Waals surface area contributed by atoms with E-state index in [9.17, 15) is 0 Å². The van der Waals surface area contributed by atoms with Crippen LogP contribution in [0.1, 0.15) is 54.7 Å². The minimum absolute atomic E-state index is 0.